The lowest BCUT2D eigenvalue weighted by molar-refractivity contribution is 0.109. The molecule has 1 aliphatic heterocycles. The van der Waals surface area contributed by atoms with Gasteiger partial charge in [-0.1, -0.05) is 18.2 Å². The van der Waals surface area contributed by atoms with Crippen molar-refractivity contribution in [2.75, 3.05) is 7.05 Å². The van der Waals surface area contributed by atoms with E-state index in [1.54, 1.807) is 0 Å². The zero-order valence-corrected chi connectivity index (χ0v) is 17.5. The van der Waals surface area contributed by atoms with Crippen molar-refractivity contribution in [2.45, 2.75) is 57.5 Å². The van der Waals surface area contributed by atoms with E-state index in [9.17, 15) is 0 Å². The van der Waals surface area contributed by atoms with E-state index in [0.29, 0.717) is 12.1 Å². The van der Waals surface area contributed by atoms with Crippen LogP contribution in [0, 0.1) is 6.92 Å². The number of likely N-dealkylation sites (tertiary alicyclic amines) is 1. The fraction of sp³-hybridized carbons (Fsp3) is 0.400. The number of pyridine rings is 3. The Bertz CT molecular complexity index is 925. The van der Waals surface area contributed by atoms with Crippen LogP contribution >= 0.6 is 0 Å². The zero-order valence-electron chi connectivity index (χ0n) is 17.5. The second-order valence-electron chi connectivity index (χ2n) is 8.10. The van der Waals surface area contributed by atoms with E-state index in [1.807, 2.05) is 30.7 Å². The number of hydrogen-bond acceptors (Lipinski definition) is 4. The van der Waals surface area contributed by atoms with Gasteiger partial charge in [-0.3, -0.25) is 19.9 Å². The van der Waals surface area contributed by atoms with Crippen LogP contribution in [-0.4, -0.2) is 26.9 Å². The summed E-state index contributed by atoms with van der Waals surface area (Å²) in [6.45, 7) is 2.17. The average Bonchev–Trinajstić information content (AvgIpc) is 2.76. The van der Waals surface area contributed by atoms with E-state index in [1.165, 1.54) is 34.6 Å². The van der Waals surface area contributed by atoms with Gasteiger partial charge in [0.25, 0.3) is 0 Å². The van der Waals surface area contributed by atoms with Gasteiger partial charge in [0, 0.05) is 24.3 Å². The van der Waals surface area contributed by atoms with Crippen molar-refractivity contribution in [3.05, 3.63) is 89.3 Å². The van der Waals surface area contributed by atoms with Gasteiger partial charge >= 0.3 is 0 Å². The first-order valence-corrected chi connectivity index (χ1v) is 10.7. The van der Waals surface area contributed by atoms with Gasteiger partial charge in [0.05, 0.1) is 23.5 Å². The molecule has 4 heterocycles. The van der Waals surface area contributed by atoms with Crippen LogP contribution < -0.4 is 0 Å². The monoisotopic (exact) mass is 386 g/mol. The molecule has 150 valence electrons. The Morgan fingerprint density at radius 1 is 0.966 bits per heavy atom. The van der Waals surface area contributed by atoms with E-state index in [0.717, 1.165) is 32.1 Å². The van der Waals surface area contributed by atoms with Crippen LogP contribution in [0.4, 0.5) is 0 Å². The molecule has 0 aromatic carbocycles. The highest BCUT2D eigenvalue weighted by molar-refractivity contribution is 5.23. The molecule has 1 fully saturated rings. The molecule has 1 aliphatic rings. The van der Waals surface area contributed by atoms with Gasteiger partial charge in [-0.05, 0) is 87.9 Å². The molecule has 0 spiro atoms. The standard InChI is InChI=1S/C25H30N4/c1-19-8-6-17-27-25(19)24-15-5-14-23(29(24)2)22-13-4-12-21(28-22)11-3-9-20-10-7-16-26-18-20/h4,6-8,10,12-13,16-18,23-24H,3,5,9,11,14-15H2,1-2H3/t23?,24-/m0/s1. The first kappa shape index (κ1) is 19.7. The summed E-state index contributed by atoms with van der Waals surface area (Å²) in [5.41, 5.74) is 6.18. The van der Waals surface area contributed by atoms with Crippen LogP contribution in [0.5, 0.6) is 0 Å². The van der Waals surface area contributed by atoms with E-state index >= 15 is 0 Å². The van der Waals surface area contributed by atoms with Gasteiger partial charge in [-0.2, -0.15) is 0 Å². The largest absolute Gasteiger partial charge is 0.289 e. The van der Waals surface area contributed by atoms with Crippen molar-refractivity contribution >= 4 is 0 Å². The maximum Gasteiger partial charge on any atom is 0.0604 e. The van der Waals surface area contributed by atoms with Gasteiger partial charge < -0.3 is 0 Å². The van der Waals surface area contributed by atoms with Crippen LogP contribution in [0.3, 0.4) is 0 Å². The molecule has 4 nitrogen and oxygen atoms in total. The van der Waals surface area contributed by atoms with E-state index in [2.05, 4.69) is 54.2 Å². The first-order chi connectivity index (χ1) is 14.2. The summed E-state index contributed by atoms with van der Waals surface area (Å²) < 4.78 is 0. The van der Waals surface area contributed by atoms with Crippen LogP contribution in [0.2, 0.25) is 0 Å². The predicted molar refractivity (Wildman–Crippen MR) is 117 cm³/mol. The number of aromatic nitrogens is 3. The molecule has 3 aromatic rings. The molecule has 4 rings (SSSR count). The average molecular weight is 387 g/mol. The number of aryl methyl sites for hydroxylation is 3. The molecule has 1 unspecified atom stereocenters. The molecule has 1 saturated heterocycles. The second kappa shape index (κ2) is 9.27. The van der Waals surface area contributed by atoms with E-state index < -0.39 is 0 Å². The summed E-state index contributed by atoms with van der Waals surface area (Å²) in [6, 6.07) is 15.6. The molecule has 0 bridgehead atoms. The molecule has 0 amide bonds. The van der Waals surface area contributed by atoms with Gasteiger partial charge in [0.15, 0.2) is 0 Å². The van der Waals surface area contributed by atoms with Crippen molar-refractivity contribution < 1.29 is 0 Å². The van der Waals surface area contributed by atoms with Crippen LogP contribution in [0.25, 0.3) is 0 Å². The minimum atomic E-state index is 0.355. The summed E-state index contributed by atoms with van der Waals surface area (Å²) in [4.78, 5) is 16.4. The Morgan fingerprint density at radius 3 is 2.66 bits per heavy atom. The molecule has 0 N–H and O–H groups in total. The van der Waals surface area contributed by atoms with Crippen LogP contribution in [0.15, 0.2) is 61.1 Å². The molecule has 4 heteroatoms. The Hall–Kier alpha value is -2.59. The minimum Gasteiger partial charge on any atom is -0.289 e. The number of piperidine rings is 1. The molecule has 2 atom stereocenters. The fourth-order valence-corrected chi connectivity index (χ4v) is 4.50. The summed E-state index contributed by atoms with van der Waals surface area (Å²) in [5, 5.41) is 0. The fourth-order valence-electron chi connectivity index (χ4n) is 4.50. The lowest BCUT2D eigenvalue weighted by Crippen LogP contribution is -2.34. The molecule has 3 aromatic heterocycles. The highest BCUT2D eigenvalue weighted by Gasteiger charge is 2.31. The summed E-state index contributed by atoms with van der Waals surface area (Å²) in [6.07, 6.45) is 12.4. The lowest BCUT2D eigenvalue weighted by Gasteiger charge is -2.39. The highest BCUT2D eigenvalue weighted by atomic mass is 15.2. The zero-order chi connectivity index (χ0) is 20.1. The lowest BCUT2D eigenvalue weighted by atomic mass is 9.90. The Morgan fingerprint density at radius 2 is 1.83 bits per heavy atom. The minimum absolute atomic E-state index is 0.355. The second-order valence-corrected chi connectivity index (χ2v) is 8.10. The third kappa shape index (κ3) is 4.70. The van der Waals surface area contributed by atoms with Crippen molar-refractivity contribution in [3.63, 3.8) is 0 Å². The first-order valence-electron chi connectivity index (χ1n) is 10.7. The van der Waals surface area contributed by atoms with Crippen LogP contribution in [-0.2, 0) is 12.8 Å². The molecular weight excluding hydrogens is 356 g/mol. The Kier molecular flexibility index (Phi) is 6.30. The van der Waals surface area contributed by atoms with Crippen molar-refractivity contribution in [1.82, 2.24) is 19.9 Å². The maximum absolute atomic E-state index is 5.05. The molecular formula is C25H30N4. The van der Waals surface area contributed by atoms with E-state index in [4.69, 9.17) is 9.97 Å². The highest BCUT2D eigenvalue weighted by Crippen LogP contribution is 2.39. The number of nitrogens with zero attached hydrogens (tertiary/aromatic N) is 4. The topological polar surface area (TPSA) is 41.9 Å². The van der Waals surface area contributed by atoms with Crippen molar-refractivity contribution in [3.8, 4) is 0 Å². The normalized spacial score (nSPS) is 19.9. The summed E-state index contributed by atoms with van der Waals surface area (Å²) in [7, 11) is 2.24. The van der Waals surface area contributed by atoms with Gasteiger partial charge in [0.1, 0.15) is 0 Å². The summed E-state index contributed by atoms with van der Waals surface area (Å²) >= 11 is 0. The third-order valence-electron chi connectivity index (χ3n) is 6.09. The SMILES string of the molecule is Cc1cccnc1[C@@H]1CCCC(c2cccc(CCCc3cccnc3)n2)N1C. The van der Waals surface area contributed by atoms with Crippen molar-refractivity contribution in [1.29, 1.82) is 0 Å². The maximum atomic E-state index is 5.05. The van der Waals surface area contributed by atoms with E-state index in [-0.39, 0.29) is 0 Å². The Labute approximate surface area is 174 Å². The molecule has 0 aliphatic carbocycles. The van der Waals surface area contributed by atoms with Crippen molar-refractivity contribution in [2.24, 2.45) is 0 Å². The third-order valence-corrected chi connectivity index (χ3v) is 6.09. The quantitative estimate of drug-likeness (QED) is 0.580. The van der Waals surface area contributed by atoms with Gasteiger partial charge in [-0.25, -0.2) is 0 Å². The predicted octanol–water partition coefficient (Wildman–Crippen LogP) is 5.25. The van der Waals surface area contributed by atoms with Crippen LogP contribution in [0.1, 0.15) is 66.0 Å². The Balaban J connectivity index is 1.45. The molecule has 29 heavy (non-hydrogen) atoms. The number of hydrogen-bond donors (Lipinski definition) is 0. The summed E-state index contributed by atoms with van der Waals surface area (Å²) in [5.74, 6) is 0. The van der Waals surface area contributed by atoms with Gasteiger partial charge in [0.2, 0.25) is 0 Å². The van der Waals surface area contributed by atoms with Gasteiger partial charge in [-0.15, -0.1) is 0 Å². The smallest absolute Gasteiger partial charge is 0.0604 e. The molecule has 0 radical (unpaired) electrons. The molecule has 0 saturated carbocycles. The number of rotatable bonds is 6.